The molecule has 0 aliphatic carbocycles. The van der Waals surface area contributed by atoms with Crippen LogP contribution in [-0.4, -0.2) is 80.6 Å². The van der Waals surface area contributed by atoms with Crippen molar-refractivity contribution >= 4 is 17.9 Å². The summed E-state index contributed by atoms with van der Waals surface area (Å²) in [6.45, 7) is 4.49. The van der Waals surface area contributed by atoms with Crippen LogP contribution in [0.3, 0.4) is 0 Å². The lowest BCUT2D eigenvalue weighted by Crippen LogP contribution is -2.50. The maximum absolute atomic E-state index is 12.7. The number of carbonyl (C=O) groups excluding carboxylic acids is 2. The zero-order valence-electron chi connectivity index (χ0n) is 37.9. The second-order valence-corrected chi connectivity index (χ2v) is 15.9. The number of hydrogen-bond donors (Lipinski definition) is 1. The van der Waals surface area contributed by atoms with E-state index in [0.29, 0.717) is 19.3 Å². The van der Waals surface area contributed by atoms with Crippen LogP contribution in [0.4, 0.5) is 0 Å². The number of likely N-dealkylation sites (N-methyl/N-ethyl adjacent to an activating group) is 1. The molecule has 0 saturated heterocycles. The molecule has 8 nitrogen and oxygen atoms in total. The van der Waals surface area contributed by atoms with Crippen molar-refractivity contribution in [1.82, 2.24) is 0 Å². The van der Waals surface area contributed by atoms with E-state index in [1.165, 1.54) is 44.9 Å². The van der Waals surface area contributed by atoms with Gasteiger partial charge >= 0.3 is 17.9 Å². The Kier molecular flexibility index (Phi) is 38.4. The van der Waals surface area contributed by atoms with E-state index < -0.39 is 18.1 Å². The smallest absolute Gasteiger partial charge is 0.362 e. The summed E-state index contributed by atoms with van der Waals surface area (Å²) in [5.74, 6) is -1.62. The molecule has 8 heteroatoms. The number of nitrogens with zero attached hydrogens (tertiary/aromatic N) is 1. The Morgan fingerprint density at radius 2 is 1.03 bits per heavy atom. The molecule has 2 atom stereocenters. The molecule has 0 aromatic carbocycles. The minimum absolute atomic E-state index is 0.0208. The van der Waals surface area contributed by atoms with Crippen LogP contribution in [0.25, 0.3) is 0 Å². The maximum Gasteiger partial charge on any atom is 0.362 e. The Morgan fingerprint density at radius 3 is 1.54 bits per heavy atom. The van der Waals surface area contributed by atoms with Crippen molar-refractivity contribution in [1.29, 1.82) is 0 Å². The highest BCUT2D eigenvalue weighted by atomic mass is 16.6. The van der Waals surface area contributed by atoms with Gasteiger partial charge in [-0.15, -0.1) is 0 Å². The zero-order valence-corrected chi connectivity index (χ0v) is 37.9. The number of quaternary nitrogens is 1. The van der Waals surface area contributed by atoms with Gasteiger partial charge in [-0.2, -0.15) is 0 Å². The van der Waals surface area contributed by atoms with Crippen LogP contribution in [0.2, 0.25) is 0 Å². The summed E-state index contributed by atoms with van der Waals surface area (Å²) < 4.78 is 17.2. The highest BCUT2D eigenvalue weighted by Crippen LogP contribution is 2.12. The molecule has 0 aromatic heterocycles. The highest BCUT2D eigenvalue weighted by molar-refractivity contribution is 5.72. The molecule has 0 rings (SSSR count). The lowest BCUT2D eigenvalue weighted by atomic mass is 10.1. The van der Waals surface area contributed by atoms with Crippen molar-refractivity contribution in [2.24, 2.45) is 0 Å². The number of ether oxygens (including phenoxy) is 3. The van der Waals surface area contributed by atoms with Crippen LogP contribution in [0.1, 0.15) is 155 Å². The van der Waals surface area contributed by atoms with E-state index in [9.17, 15) is 19.5 Å². The second-order valence-electron chi connectivity index (χ2n) is 15.9. The van der Waals surface area contributed by atoms with Gasteiger partial charge in [0.15, 0.2) is 12.1 Å². The van der Waals surface area contributed by atoms with Crippen LogP contribution in [0, 0.1) is 0 Å². The first kappa shape index (κ1) is 55.2. The van der Waals surface area contributed by atoms with E-state index in [1.807, 2.05) is 33.3 Å². The van der Waals surface area contributed by atoms with E-state index >= 15 is 0 Å². The van der Waals surface area contributed by atoms with Gasteiger partial charge in [0.2, 0.25) is 0 Å². The average Bonchev–Trinajstić information content (AvgIpc) is 3.19. The molecular formula is C51H84NO7+. The third-order valence-electron chi connectivity index (χ3n) is 9.51. The molecule has 1 N–H and O–H groups in total. The number of esters is 2. The van der Waals surface area contributed by atoms with Crippen molar-refractivity contribution in [3.63, 3.8) is 0 Å². The van der Waals surface area contributed by atoms with Gasteiger partial charge in [-0.05, 0) is 77.0 Å². The fourth-order valence-electron chi connectivity index (χ4n) is 5.99. The predicted octanol–water partition coefficient (Wildman–Crippen LogP) is 12.7. The lowest BCUT2D eigenvalue weighted by molar-refractivity contribution is -0.887. The number of hydrogen-bond acceptors (Lipinski definition) is 6. The molecule has 0 radical (unpaired) electrons. The molecule has 2 unspecified atom stereocenters. The first-order valence-electron chi connectivity index (χ1n) is 22.8. The Labute approximate surface area is 360 Å². The van der Waals surface area contributed by atoms with Crippen molar-refractivity contribution in [3.8, 4) is 0 Å². The largest absolute Gasteiger partial charge is 0.477 e. The number of aliphatic carboxylic acids is 1. The fourth-order valence-corrected chi connectivity index (χ4v) is 5.99. The van der Waals surface area contributed by atoms with Crippen LogP contribution in [-0.2, 0) is 28.6 Å². The molecule has 0 fully saturated rings. The van der Waals surface area contributed by atoms with E-state index in [0.717, 1.165) is 64.2 Å². The summed E-state index contributed by atoms with van der Waals surface area (Å²) in [5.41, 5.74) is 0. The number of unbranched alkanes of at least 4 members (excludes halogenated alkanes) is 10. The Balaban J connectivity index is 4.52. The number of rotatable bonds is 39. The second kappa shape index (κ2) is 41.0. The minimum atomic E-state index is -0.893. The van der Waals surface area contributed by atoms with E-state index in [-0.39, 0.29) is 49.1 Å². The molecule has 0 amide bonds. The summed E-state index contributed by atoms with van der Waals surface area (Å²) in [7, 11) is 5.49. The highest BCUT2D eigenvalue weighted by Gasteiger charge is 2.31. The van der Waals surface area contributed by atoms with Gasteiger partial charge < -0.3 is 23.8 Å². The van der Waals surface area contributed by atoms with Crippen LogP contribution in [0.5, 0.6) is 0 Å². The number of carbonyl (C=O) groups is 3. The van der Waals surface area contributed by atoms with Crippen molar-refractivity contribution in [2.45, 2.75) is 167 Å². The number of carboxylic acids is 1. The number of carboxylic acid groups (broad SMARTS) is 1. The molecule has 0 heterocycles. The molecule has 0 aliphatic rings. The summed E-state index contributed by atoms with van der Waals surface area (Å²) in [4.78, 5) is 37.0. The summed E-state index contributed by atoms with van der Waals surface area (Å²) >= 11 is 0. The van der Waals surface area contributed by atoms with Crippen LogP contribution < -0.4 is 0 Å². The van der Waals surface area contributed by atoms with Crippen LogP contribution in [0.15, 0.2) is 97.2 Å². The molecule has 59 heavy (non-hydrogen) atoms. The van der Waals surface area contributed by atoms with E-state index in [2.05, 4.69) is 98.9 Å². The zero-order chi connectivity index (χ0) is 43.5. The Hall–Kier alpha value is -3.75. The molecule has 0 spiro atoms. The summed E-state index contributed by atoms with van der Waals surface area (Å²) in [6.07, 6.45) is 54.7. The first-order chi connectivity index (χ1) is 28.6. The normalized spacial score (nSPS) is 13.8. The topological polar surface area (TPSA) is 99.1 Å². The van der Waals surface area contributed by atoms with Gasteiger partial charge in [0.05, 0.1) is 34.4 Å². The van der Waals surface area contributed by atoms with Crippen LogP contribution >= 0.6 is 0 Å². The van der Waals surface area contributed by atoms with Gasteiger partial charge in [-0.3, -0.25) is 9.59 Å². The maximum atomic E-state index is 12.7. The first-order valence-corrected chi connectivity index (χ1v) is 22.8. The monoisotopic (exact) mass is 823 g/mol. The lowest BCUT2D eigenvalue weighted by Gasteiger charge is -2.31. The molecule has 0 saturated carbocycles. The summed E-state index contributed by atoms with van der Waals surface area (Å²) in [5, 5.41) is 9.62. The van der Waals surface area contributed by atoms with Gasteiger partial charge in [0.25, 0.3) is 0 Å². The Bertz CT molecular complexity index is 1280. The molecule has 0 aromatic rings. The third kappa shape index (κ3) is 39.5. The molecule has 334 valence electrons. The molecule has 0 bridgehead atoms. The van der Waals surface area contributed by atoms with Crippen molar-refractivity contribution in [2.75, 3.05) is 41.0 Å². The van der Waals surface area contributed by atoms with E-state index in [1.54, 1.807) is 0 Å². The molecular weight excluding hydrogens is 739 g/mol. The van der Waals surface area contributed by atoms with Gasteiger partial charge in [-0.1, -0.05) is 156 Å². The quantitative estimate of drug-likeness (QED) is 0.0217. The fraction of sp³-hybridized carbons (Fsp3) is 0.627. The summed E-state index contributed by atoms with van der Waals surface area (Å²) in [6, 6.07) is -0.636. The van der Waals surface area contributed by atoms with Gasteiger partial charge in [0.1, 0.15) is 6.61 Å². The van der Waals surface area contributed by atoms with Crippen molar-refractivity contribution in [3.05, 3.63) is 97.2 Å². The van der Waals surface area contributed by atoms with E-state index in [4.69, 9.17) is 14.2 Å². The number of allylic oxidation sites excluding steroid dienone is 16. The van der Waals surface area contributed by atoms with Gasteiger partial charge in [-0.25, -0.2) is 4.79 Å². The standard InChI is InChI=1S/C51H83NO7/c1-6-8-10-12-14-16-18-20-22-24-25-26-28-29-31-33-35-37-39-41-49(53)58-46-47(45-57-44-43-48(51(55)56)52(3,4)5)59-50(54)42-40-38-36-34-32-30-27-23-21-19-17-15-13-11-9-7-2/h8,10,14,16,20,22-23,25-27,29-32,35,37,47-48H,6-7,9,11-13,15,17-19,21,24,28,33-34,36,38-46H2,1-5H3/p+1/b10-8+,16-14+,22-20+,26-25+,27-23+,31-29+,32-30+,37-35+. The van der Waals surface area contributed by atoms with Crippen molar-refractivity contribution < 1.29 is 38.2 Å². The SMILES string of the molecule is CC/C=C/C/C=C/C/C=C/C/C=C/C/C=C/C/C=C/CCC(=O)OCC(COCCC(C(=O)O)[N+](C)(C)C)OC(=O)CCCCC/C=C/C=C/CCCCCCCCC. The molecule has 0 aliphatic heterocycles. The minimum Gasteiger partial charge on any atom is -0.477 e. The third-order valence-corrected chi connectivity index (χ3v) is 9.51. The average molecular weight is 823 g/mol. The Morgan fingerprint density at radius 1 is 0.542 bits per heavy atom. The predicted molar refractivity (Wildman–Crippen MR) is 247 cm³/mol. The van der Waals surface area contributed by atoms with Gasteiger partial charge in [0, 0.05) is 19.3 Å².